The standard InChI is InChI=1S/C15H12F3NO/c1-10-3-2-4-11(14(10)20)9-19-13-7-5-12(6-8-13)15(16,17)18/h2-9,20H,1H3. The first-order valence-corrected chi connectivity index (χ1v) is 5.88. The number of rotatable bonds is 2. The van der Waals surface area contributed by atoms with Crippen LogP contribution in [0.2, 0.25) is 0 Å². The Morgan fingerprint density at radius 3 is 2.30 bits per heavy atom. The van der Waals surface area contributed by atoms with Gasteiger partial charge in [0.1, 0.15) is 5.75 Å². The molecule has 20 heavy (non-hydrogen) atoms. The molecule has 104 valence electrons. The fourth-order valence-electron chi connectivity index (χ4n) is 1.67. The number of para-hydroxylation sites is 1. The average molecular weight is 279 g/mol. The summed E-state index contributed by atoms with van der Waals surface area (Å²) in [6.45, 7) is 1.75. The summed E-state index contributed by atoms with van der Waals surface area (Å²) in [5.41, 5.74) is 0.903. The van der Waals surface area contributed by atoms with E-state index in [0.29, 0.717) is 16.8 Å². The highest BCUT2D eigenvalue weighted by Crippen LogP contribution is 2.30. The Hall–Kier alpha value is -2.30. The SMILES string of the molecule is Cc1cccc(C=Nc2ccc(C(F)(F)F)cc2)c1O. The van der Waals surface area contributed by atoms with Crippen molar-refractivity contribution in [3.05, 3.63) is 59.2 Å². The third-order valence-corrected chi connectivity index (χ3v) is 2.82. The van der Waals surface area contributed by atoms with Crippen LogP contribution >= 0.6 is 0 Å². The van der Waals surface area contributed by atoms with E-state index in [1.807, 2.05) is 0 Å². The number of phenolic OH excluding ortho intramolecular Hbond substituents is 1. The van der Waals surface area contributed by atoms with Gasteiger partial charge in [-0.05, 0) is 42.8 Å². The number of phenols is 1. The average Bonchev–Trinajstić information content (AvgIpc) is 2.40. The molecule has 5 heteroatoms. The van der Waals surface area contributed by atoms with Crippen LogP contribution in [0.15, 0.2) is 47.5 Å². The molecule has 0 amide bonds. The quantitative estimate of drug-likeness (QED) is 0.808. The molecule has 0 atom stereocenters. The summed E-state index contributed by atoms with van der Waals surface area (Å²) in [5, 5.41) is 9.79. The van der Waals surface area contributed by atoms with Gasteiger partial charge in [0.25, 0.3) is 0 Å². The Bertz CT molecular complexity index is 631. The highest BCUT2D eigenvalue weighted by molar-refractivity contribution is 5.85. The summed E-state index contributed by atoms with van der Waals surface area (Å²) in [4.78, 5) is 4.05. The first-order valence-electron chi connectivity index (χ1n) is 5.88. The lowest BCUT2D eigenvalue weighted by Crippen LogP contribution is -2.03. The molecular formula is C15H12F3NO. The number of alkyl halides is 3. The van der Waals surface area contributed by atoms with Crippen LogP contribution in [0.1, 0.15) is 16.7 Å². The number of benzene rings is 2. The van der Waals surface area contributed by atoms with Gasteiger partial charge in [-0.15, -0.1) is 0 Å². The molecular weight excluding hydrogens is 267 g/mol. The number of hydrogen-bond acceptors (Lipinski definition) is 2. The van der Waals surface area contributed by atoms with Gasteiger partial charge < -0.3 is 5.11 Å². The van der Waals surface area contributed by atoms with Crippen LogP contribution in [-0.4, -0.2) is 11.3 Å². The van der Waals surface area contributed by atoms with E-state index in [9.17, 15) is 18.3 Å². The van der Waals surface area contributed by atoms with E-state index < -0.39 is 11.7 Å². The Labute approximate surface area is 114 Å². The Balaban J connectivity index is 2.22. The molecule has 0 aromatic heterocycles. The van der Waals surface area contributed by atoms with Gasteiger partial charge in [-0.2, -0.15) is 13.2 Å². The third-order valence-electron chi connectivity index (χ3n) is 2.82. The van der Waals surface area contributed by atoms with Crippen molar-refractivity contribution >= 4 is 11.9 Å². The maximum Gasteiger partial charge on any atom is 0.416 e. The second-order valence-corrected chi connectivity index (χ2v) is 4.32. The zero-order valence-electron chi connectivity index (χ0n) is 10.6. The maximum absolute atomic E-state index is 12.4. The van der Waals surface area contributed by atoms with Gasteiger partial charge in [0.15, 0.2) is 0 Å². The van der Waals surface area contributed by atoms with Crippen LogP contribution in [0, 0.1) is 6.92 Å². The van der Waals surface area contributed by atoms with Crippen molar-refractivity contribution in [2.45, 2.75) is 13.1 Å². The van der Waals surface area contributed by atoms with Crippen LogP contribution in [0.5, 0.6) is 5.75 Å². The van der Waals surface area contributed by atoms with E-state index in [1.165, 1.54) is 18.3 Å². The second kappa shape index (κ2) is 5.36. The zero-order chi connectivity index (χ0) is 14.8. The predicted molar refractivity (Wildman–Crippen MR) is 71.5 cm³/mol. The fraction of sp³-hybridized carbons (Fsp3) is 0.133. The molecule has 0 aliphatic carbocycles. The molecule has 0 radical (unpaired) electrons. The molecule has 2 rings (SSSR count). The first-order chi connectivity index (χ1) is 9.38. The molecule has 0 heterocycles. The summed E-state index contributed by atoms with van der Waals surface area (Å²) >= 11 is 0. The Morgan fingerprint density at radius 2 is 1.70 bits per heavy atom. The molecule has 0 aliphatic rings. The van der Waals surface area contributed by atoms with E-state index >= 15 is 0 Å². The fourth-order valence-corrected chi connectivity index (χ4v) is 1.67. The molecule has 0 saturated carbocycles. The molecule has 1 N–H and O–H groups in total. The highest BCUT2D eigenvalue weighted by Gasteiger charge is 2.29. The predicted octanol–water partition coefficient (Wildman–Crippen LogP) is 4.47. The zero-order valence-corrected chi connectivity index (χ0v) is 10.6. The van der Waals surface area contributed by atoms with Gasteiger partial charge in [-0.3, -0.25) is 4.99 Å². The lowest BCUT2D eigenvalue weighted by atomic mass is 10.1. The Kier molecular flexibility index (Phi) is 3.79. The van der Waals surface area contributed by atoms with Crippen molar-refractivity contribution in [1.29, 1.82) is 0 Å². The van der Waals surface area contributed by atoms with E-state index in [4.69, 9.17) is 0 Å². The summed E-state index contributed by atoms with van der Waals surface area (Å²) in [6, 6.07) is 9.72. The van der Waals surface area contributed by atoms with Gasteiger partial charge >= 0.3 is 6.18 Å². The van der Waals surface area contributed by atoms with Gasteiger partial charge in [0.05, 0.1) is 11.3 Å². The summed E-state index contributed by atoms with van der Waals surface area (Å²) in [5.74, 6) is 0.114. The summed E-state index contributed by atoms with van der Waals surface area (Å²) < 4.78 is 37.2. The van der Waals surface area contributed by atoms with Crippen molar-refractivity contribution in [3.8, 4) is 5.75 Å². The summed E-state index contributed by atoms with van der Waals surface area (Å²) in [7, 11) is 0. The molecule has 0 bridgehead atoms. The molecule has 0 aliphatic heterocycles. The minimum absolute atomic E-state index is 0.114. The molecule has 2 nitrogen and oxygen atoms in total. The molecule has 0 fully saturated rings. The van der Waals surface area contributed by atoms with Crippen molar-refractivity contribution in [3.63, 3.8) is 0 Å². The molecule has 0 saturated heterocycles. The molecule has 0 spiro atoms. The van der Waals surface area contributed by atoms with Gasteiger partial charge in [-0.25, -0.2) is 0 Å². The number of halogens is 3. The van der Waals surface area contributed by atoms with Crippen LogP contribution in [0.3, 0.4) is 0 Å². The lowest BCUT2D eigenvalue weighted by Gasteiger charge is -2.06. The van der Waals surface area contributed by atoms with Crippen molar-refractivity contribution in [2.75, 3.05) is 0 Å². The topological polar surface area (TPSA) is 32.6 Å². The van der Waals surface area contributed by atoms with Crippen LogP contribution in [0.25, 0.3) is 0 Å². The third kappa shape index (κ3) is 3.17. The number of aromatic hydroxyl groups is 1. The number of nitrogens with zero attached hydrogens (tertiary/aromatic N) is 1. The van der Waals surface area contributed by atoms with E-state index in [2.05, 4.69) is 4.99 Å². The van der Waals surface area contributed by atoms with Gasteiger partial charge in [0, 0.05) is 11.8 Å². The highest BCUT2D eigenvalue weighted by atomic mass is 19.4. The Morgan fingerprint density at radius 1 is 1.05 bits per heavy atom. The number of aryl methyl sites for hydroxylation is 1. The number of hydrogen-bond donors (Lipinski definition) is 1. The molecule has 2 aromatic rings. The van der Waals surface area contributed by atoms with Crippen LogP contribution < -0.4 is 0 Å². The maximum atomic E-state index is 12.4. The van der Waals surface area contributed by atoms with E-state index in [0.717, 1.165) is 12.1 Å². The lowest BCUT2D eigenvalue weighted by molar-refractivity contribution is -0.137. The largest absolute Gasteiger partial charge is 0.507 e. The monoisotopic (exact) mass is 279 g/mol. The first kappa shape index (κ1) is 14.1. The minimum atomic E-state index is -4.35. The van der Waals surface area contributed by atoms with Crippen LogP contribution in [0.4, 0.5) is 18.9 Å². The van der Waals surface area contributed by atoms with Crippen LogP contribution in [-0.2, 0) is 6.18 Å². The van der Waals surface area contributed by atoms with Gasteiger partial charge in [0.2, 0.25) is 0 Å². The summed E-state index contributed by atoms with van der Waals surface area (Å²) in [6.07, 6.45) is -2.93. The normalized spacial score (nSPS) is 12.0. The molecule has 2 aromatic carbocycles. The van der Waals surface area contributed by atoms with Crippen molar-refractivity contribution < 1.29 is 18.3 Å². The molecule has 0 unspecified atom stereocenters. The smallest absolute Gasteiger partial charge is 0.416 e. The second-order valence-electron chi connectivity index (χ2n) is 4.32. The minimum Gasteiger partial charge on any atom is -0.507 e. The number of aliphatic imine (C=N–C) groups is 1. The van der Waals surface area contributed by atoms with E-state index in [1.54, 1.807) is 25.1 Å². The van der Waals surface area contributed by atoms with Gasteiger partial charge in [-0.1, -0.05) is 12.1 Å². The van der Waals surface area contributed by atoms with Crippen molar-refractivity contribution in [2.24, 2.45) is 4.99 Å². The van der Waals surface area contributed by atoms with E-state index in [-0.39, 0.29) is 5.75 Å². The van der Waals surface area contributed by atoms with Crippen molar-refractivity contribution in [1.82, 2.24) is 0 Å².